The average Bonchev–Trinajstić information content (AvgIpc) is 3.80. The first-order valence-electron chi connectivity index (χ1n) is 13.9. The summed E-state index contributed by atoms with van der Waals surface area (Å²) in [5.41, 5.74) is 11.3. The Morgan fingerprint density at radius 1 is 1.06 bits per heavy atom. The van der Waals surface area contributed by atoms with Gasteiger partial charge in [-0.25, -0.2) is 33.5 Å². The number of halogens is 1. The first kappa shape index (κ1) is 33.4. The van der Waals surface area contributed by atoms with E-state index < -0.39 is 77.8 Å². The number of phosphoric acid groups is 1. The first-order valence-corrected chi connectivity index (χ1v) is 16.1. The minimum atomic E-state index is -5.04. The predicted molar refractivity (Wildman–Crippen MR) is 158 cm³/mol. The second-order valence-corrected chi connectivity index (χ2v) is 12.0. The molecule has 0 spiro atoms. The van der Waals surface area contributed by atoms with Crippen LogP contribution in [-0.2, 0) is 41.6 Å². The number of aromatic amines is 1. The summed E-state index contributed by atoms with van der Waals surface area (Å²) in [6, 6.07) is 0. The van der Waals surface area contributed by atoms with E-state index in [-0.39, 0.29) is 47.2 Å². The fourth-order valence-electron chi connectivity index (χ4n) is 5.46. The number of fused-ring (bicyclic) bond motifs is 2. The number of rotatable bonds is 13. The van der Waals surface area contributed by atoms with Gasteiger partial charge in [-0.15, -0.1) is 0 Å². The molecule has 21 nitrogen and oxygen atoms in total. The van der Waals surface area contributed by atoms with Crippen LogP contribution in [0.1, 0.15) is 12.5 Å². The molecule has 252 valence electrons. The number of hydrogen-bond donors (Lipinski definition) is 4. The van der Waals surface area contributed by atoms with Crippen molar-refractivity contribution in [2.75, 3.05) is 38.3 Å². The number of methoxy groups -OCH3 is 1. The highest BCUT2D eigenvalue weighted by molar-refractivity contribution is 7.47. The number of H-pyrrole nitrogens is 1. The topological polar surface area (TPSA) is 278 Å². The van der Waals surface area contributed by atoms with E-state index in [0.717, 1.165) is 0 Å². The zero-order chi connectivity index (χ0) is 33.5. The third kappa shape index (κ3) is 6.39. The maximum atomic E-state index is 16.0. The van der Waals surface area contributed by atoms with Crippen molar-refractivity contribution in [2.45, 2.75) is 49.1 Å². The second kappa shape index (κ2) is 13.6. The number of alkyl halides is 1. The number of hydrogen-bond acceptors (Lipinski definition) is 17. The average molecular weight is 700 g/mol. The molecule has 9 atom stereocenters. The van der Waals surface area contributed by atoms with Crippen LogP contribution in [0.2, 0.25) is 0 Å². The van der Waals surface area contributed by atoms with Gasteiger partial charge in [-0.05, 0) is 0 Å². The number of nitrogen functional groups attached to an aromatic ring is 2. The summed E-state index contributed by atoms with van der Waals surface area (Å²) >= 11 is 0. The summed E-state index contributed by atoms with van der Waals surface area (Å²) in [4.78, 5) is 45.5. The van der Waals surface area contributed by atoms with Crippen LogP contribution in [0.25, 0.3) is 22.3 Å². The minimum absolute atomic E-state index is 0.0185. The van der Waals surface area contributed by atoms with E-state index in [1.165, 1.54) is 35.2 Å². The number of anilines is 2. The van der Waals surface area contributed by atoms with Crippen molar-refractivity contribution < 1.29 is 50.9 Å². The van der Waals surface area contributed by atoms with Crippen molar-refractivity contribution in [1.29, 1.82) is 0 Å². The summed E-state index contributed by atoms with van der Waals surface area (Å²) in [6.45, 7) is -0.588. The Bertz CT molecular complexity index is 1870. The van der Waals surface area contributed by atoms with Gasteiger partial charge < -0.3 is 35.3 Å². The fraction of sp³-hybridized carbons (Fsp3) is 0.545. The van der Waals surface area contributed by atoms with Gasteiger partial charge in [-0.3, -0.25) is 32.5 Å². The molecule has 2 aliphatic heterocycles. The molecule has 2 saturated heterocycles. The molecular formula is C22H28BFN10O11P2. The Labute approximate surface area is 265 Å². The Morgan fingerprint density at radius 2 is 1.77 bits per heavy atom. The summed E-state index contributed by atoms with van der Waals surface area (Å²) in [6.07, 6.45) is -7.01. The standard InChI is InChI=1S/C22H28BFN10O11P2/c1-39-14-9(43-21(15(14)44-46-36)34-7-30-12-18(34)31-22(26)32-19(12)35)3-41-47(37,38)45-13-8(2-40-4-23)42-20(10(13)24)33-6-29-11-16(25)27-5-28-17(11)33/h5-10,13-15,20-21H,2-4,23H2,1H3,(H,37,38)(H2,25,27,28)(H3,26,31,32,35). The lowest BCUT2D eigenvalue weighted by Gasteiger charge is -2.24. The molecule has 4 aromatic heterocycles. The molecule has 4 aromatic rings. The third-order valence-electron chi connectivity index (χ3n) is 7.52. The lowest BCUT2D eigenvalue weighted by Crippen LogP contribution is -2.37. The van der Waals surface area contributed by atoms with Crippen molar-refractivity contribution in [2.24, 2.45) is 0 Å². The van der Waals surface area contributed by atoms with Gasteiger partial charge in [-0.1, -0.05) is 0 Å². The third-order valence-corrected chi connectivity index (χ3v) is 8.83. The maximum Gasteiger partial charge on any atom is 0.472 e. The van der Waals surface area contributed by atoms with Gasteiger partial charge in [0.05, 0.1) is 25.9 Å². The quantitative estimate of drug-likeness (QED) is 0.0958. The molecule has 2 fully saturated rings. The minimum Gasteiger partial charge on any atom is -0.388 e. The Kier molecular flexibility index (Phi) is 9.63. The van der Waals surface area contributed by atoms with Gasteiger partial charge in [0, 0.05) is 13.6 Å². The van der Waals surface area contributed by atoms with Gasteiger partial charge >= 0.3 is 16.5 Å². The Balaban J connectivity index is 1.20. The lowest BCUT2D eigenvalue weighted by molar-refractivity contribution is -0.0648. The smallest absolute Gasteiger partial charge is 0.388 e. The number of nitrogens with zero attached hydrogens (tertiary/aromatic N) is 7. The predicted octanol–water partition coefficient (Wildman–Crippen LogP) is -1.03. The largest absolute Gasteiger partial charge is 0.472 e. The van der Waals surface area contributed by atoms with Gasteiger partial charge in [0.25, 0.3) is 5.56 Å². The first-order chi connectivity index (χ1) is 22.6. The molecule has 0 saturated carbocycles. The van der Waals surface area contributed by atoms with E-state index in [1.54, 1.807) is 7.85 Å². The molecule has 0 aromatic carbocycles. The summed E-state index contributed by atoms with van der Waals surface area (Å²) in [5, 5.41) is 0. The Hall–Kier alpha value is -3.50. The van der Waals surface area contributed by atoms with Crippen LogP contribution in [0.4, 0.5) is 16.2 Å². The van der Waals surface area contributed by atoms with Crippen LogP contribution in [-0.4, -0.2) is 115 Å². The molecule has 0 amide bonds. The molecular weight excluding hydrogens is 672 g/mol. The van der Waals surface area contributed by atoms with E-state index in [9.17, 15) is 18.8 Å². The summed E-state index contributed by atoms with van der Waals surface area (Å²) < 4.78 is 82.0. The second-order valence-electron chi connectivity index (χ2n) is 10.3. The highest BCUT2D eigenvalue weighted by Gasteiger charge is 2.52. The van der Waals surface area contributed by atoms with Crippen molar-refractivity contribution in [1.82, 2.24) is 39.0 Å². The van der Waals surface area contributed by atoms with Crippen LogP contribution >= 0.6 is 16.5 Å². The molecule has 6 rings (SSSR count). The molecule has 0 bridgehead atoms. The van der Waals surface area contributed by atoms with Crippen molar-refractivity contribution in [3.8, 4) is 0 Å². The zero-order valence-corrected chi connectivity index (χ0v) is 26.3. The van der Waals surface area contributed by atoms with Crippen molar-refractivity contribution in [3.63, 3.8) is 0 Å². The van der Waals surface area contributed by atoms with Crippen molar-refractivity contribution >= 4 is 58.4 Å². The van der Waals surface area contributed by atoms with E-state index in [4.69, 9.17) is 44.0 Å². The van der Waals surface area contributed by atoms with E-state index in [1.807, 2.05) is 0 Å². The lowest BCUT2D eigenvalue weighted by atomic mass is 10.1. The molecule has 6 N–H and O–H groups in total. The number of imidazole rings is 2. The molecule has 47 heavy (non-hydrogen) atoms. The monoisotopic (exact) mass is 700 g/mol. The van der Waals surface area contributed by atoms with Crippen LogP contribution in [0, 0.1) is 0 Å². The maximum absolute atomic E-state index is 16.0. The molecule has 6 heterocycles. The fourth-order valence-corrected chi connectivity index (χ4v) is 6.74. The van der Waals surface area contributed by atoms with Crippen LogP contribution in [0.3, 0.4) is 0 Å². The van der Waals surface area contributed by atoms with Crippen LogP contribution in [0.15, 0.2) is 23.8 Å². The molecule has 2 aliphatic rings. The molecule has 0 radical (unpaired) electrons. The zero-order valence-electron chi connectivity index (χ0n) is 24.6. The molecule has 9 unspecified atom stereocenters. The summed E-state index contributed by atoms with van der Waals surface area (Å²) in [5.74, 6) is -0.133. The van der Waals surface area contributed by atoms with Crippen LogP contribution < -0.4 is 17.0 Å². The SMILES string of the molecule is BCOCC1OC(n2cnc3c(N)ncnc32)C(F)C1OP(=O)(O)OCC1OC(n2cnc3c(=O)[nH]c(N)nc32)C(OP=O)C1OC. The highest BCUT2D eigenvalue weighted by Crippen LogP contribution is 2.50. The highest BCUT2D eigenvalue weighted by atomic mass is 31.2. The number of nitrogens with one attached hydrogen (secondary N) is 1. The van der Waals surface area contributed by atoms with Gasteiger partial charge in [0.1, 0.15) is 50.2 Å². The van der Waals surface area contributed by atoms with Gasteiger partial charge in [-0.2, -0.15) is 4.98 Å². The molecule has 0 aliphatic carbocycles. The van der Waals surface area contributed by atoms with Crippen molar-refractivity contribution in [3.05, 3.63) is 29.3 Å². The number of nitrogens with two attached hydrogens (primary N) is 2. The number of aromatic nitrogens is 8. The van der Waals surface area contributed by atoms with E-state index in [0.29, 0.717) is 0 Å². The van der Waals surface area contributed by atoms with Gasteiger partial charge in [0.2, 0.25) is 5.95 Å². The summed E-state index contributed by atoms with van der Waals surface area (Å²) in [7, 11) is -2.79. The van der Waals surface area contributed by atoms with E-state index in [2.05, 4.69) is 29.9 Å². The normalized spacial score (nSPS) is 29.3. The van der Waals surface area contributed by atoms with E-state index >= 15 is 4.39 Å². The number of ether oxygens (including phenoxy) is 4. The van der Waals surface area contributed by atoms with Gasteiger partial charge in [0.15, 0.2) is 41.3 Å². The Morgan fingerprint density at radius 3 is 2.49 bits per heavy atom. The van der Waals surface area contributed by atoms with Crippen LogP contribution in [0.5, 0.6) is 0 Å². The number of phosphoric ester groups is 1. The molecule has 25 heteroatoms.